The number of amides is 4. The van der Waals surface area contributed by atoms with E-state index in [1.54, 1.807) is 6.92 Å². The molecule has 4 amide bonds. The highest BCUT2D eigenvalue weighted by Gasteiger charge is 2.45. The van der Waals surface area contributed by atoms with Gasteiger partial charge in [-0.25, -0.2) is 0 Å². The number of carbonyl (C=O) groups is 5. The summed E-state index contributed by atoms with van der Waals surface area (Å²) in [6.07, 6.45) is 3.17. The van der Waals surface area contributed by atoms with Gasteiger partial charge < -0.3 is 70.9 Å². The number of nitrogens with one attached hydrogen (secondary N) is 4. The minimum Gasteiger partial charge on any atom is -0.394 e. The van der Waals surface area contributed by atoms with E-state index in [1.165, 1.54) is 6.92 Å². The lowest BCUT2D eigenvalue weighted by Gasteiger charge is -2.42. The number of aliphatic hydroxyl groups excluding tert-OH is 6. The van der Waals surface area contributed by atoms with Crippen LogP contribution >= 0.6 is 0 Å². The highest BCUT2D eigenvalue weighted by Crippen LogP contribution is 2.27. The lowest BCUT2D eigenvalue weighted by Crippen LogP contribution is -2.64. The second-order valence-electron chi connectivity index (χ2n) is 15.5. The first-order valence-corrected chi connectivity index (χ1v) is 21.3. The Balaban J connectivity index is 1.75. The number of rotatable bonds is 30. The summed E-state index contributed by atoms with van der Waals surface area (Å²) in [5.74, 6) is 0.704. The monoisotopic (exact) mass is 858 g/mol. The molecule has 0 saturated carbocycles. The quantitative estimate of drug-likeness (QED) is 0.0300. The van der Waals surface area contributed by atoms with Crippen LogP contribution in [0, 0.1) is 18.3 Å². The number of unbranched alkanes of at least 4 members (excludes halogenated alkanes) is 6. The number of ketones is 1. The highest BCUT2D eigenvalue weighted by molar-refractivity contribution is 5.89. The first kappa shape index (κ1) is 52.8. The lowest BCUT2D eigenvalue weighted by atomic mass is 9.92. The van der Waals surface area contributed by atoms with Gasteiger partial charge in [0.25, 0.3) is 0 Å². The van der Waals surface area contributed by atoms with E-state index in [2.05, 4.69) is 27.2 Å². The summed E-state index contributed by atoms with van der Waals surface area (Å²) in [5.41, 5.74) is 0. The van der Waals surface area contributed by atoms with Crippen LogP contribution < -0.4 is 21.3 Å². The number of carbonyl (C=O) groups excluding carboxylic acids is 5. The van der Waals surface area contributed by atoms with Gasteiger partial charge in [0, 0.05) is 58.3 Å². The van der Waals surface area contributed by atoms with Crippen molar-refractivity contribution in [3.63, 3.8) is 0 Å². The molecule has 19 nitrogen and oxygen atoms in total. The predicted molar refractivity (Wildman–Crippen MR) is 215 cm³/mol. The van der Waals surface area contributed by atoms with Crippen molar-refractivity contribution in [3.05, 3.63) is 0 Å². The molecule has 10 N–H and O–H groups in total. The summed E-state index contributed by atoms with van der Waals surface area (Å²) in [7, 11) is 0. The van der Waals surface area contributed by atoms with Crippen molar-refractivity contribution in [3.8, 4) is 12.3 Å². The van der Waals surface area contributed by atoms with Gasteiger partial charge in [-0.15, -0.1) is 6.42 Å². The fraction of sp³-hybridized carbons (Fsp3) is 0.829. The van der Waals surface area contributed by atoms with Gasteiger partial charge in [0.2, 0.25) is 23.6 Å². The maximum Gasteiger partial charge on any atom is 0.220 e. The third-order valence-corrected chi connectivity index (χ3v) is 10.5. The maximum atomic E-state index is 13.3. The average Bonchev–Trinajstić information content (AvgIpc) is 3.22. The largest absolute Gasteiger partial charge is 0.394 e. The molecule has 19 heteroatoms. The zero-order valence-corrected chi connectivity index (χ0v) is 35.1. The Bertz CT molecular complexity index is 1330. The van der Waals surface area contributed by atoms with E-state index >= 15 is 0 Å². The van der Waals surface area contributed by atoms with Crippen LogP contribution in [0.4, 0.5) is 0 Å². The molecule has 0 aromatic heterocycles. The Morgan fingerprint density at radius 1 is 0.667 bits per heavy atom. The second kappa shape index (κ2) is 29.9. The van der Waals surface area contributed by atoms with Crippen LogP contribution in [-0.2, 0) is 42.9 Å². The molecule has 60 heavy (non-hydrogen) atoms. The molecule has 0 radical (unpaired) electrons. The van der Waals surface area contributed by atoms with E-state index in [0.717, 1.165) is 12.8 Å². The van der Waals surface area contributed by atoms with Crippen molar-refractivity contribution >= 4 is 29.4 Å². The van der Waals surface area contributed by atoms with Crippen LogP contribution in [0.2, 0.25) is 0 Å². The minimum absolute atomic E-state index is 0.0908. The number of ether oxygens (including phenoxy) is 4. The van der Waals surface area contributed by atoms with Gasteiger partial charge in [-0.1, -0.05) is 25.7 Å². The number of hydrogen-bond acceptors (Lipinski definition) is 15. The molecule has 344 valence electrons. The summed E-state index contributed by atoms with van der Waals surface area (Å²) in [6.45, 7) is 2.79. The summed E-state index contributed by atoms with van der Waals surface area (Å²) < 4.78 is 22.5. The zero-order chi connectivity index (χ0) is 44.5. The van der Waals surface area contributed by atoms with Crippen LogP contribution in [0.1, 0.15) is 110 Å². The molecule has 2 saturated heterocycles. The van der Waals surface area contributed by atoms with Crippen molar-refractivity contribution in [1.29, 1.82) is 0 Å². The maximum absolute atomic E-state index is 13.3. The summed E-state index contributed by atoms with van der Waals surface area (Å²) in [5, 5.41) is 70.5. The Kier molecular flexibility index (Phi) is 26.3. The van der Waals surface area contributed by atoms with Crippen LogP contribution in [0.25, 0.3) is 0 Å². The van der Waals surface area contributed by atoms with Gasteiger partial charge in [-0.05, 0) is 57.8 Å². The van der Waals surface area contributed by atoms with Crippen molar-refractivity contribution in [2.24, 2.45) is 5.92 Å². The standard InChI is InChI=1S/C41H70N4O15/c1-4-20-42-32(50)17-8-6-5-7-16-29(49)28(45-34(52)19-11-14-22-57-40-26(2)36(53)37(54)30(24-46)59-40)15-9-12-21-43-33(51)18-10-13-23-58-41-35(44-27(3)48)39(56)38(55)31(25-47)60-41/h1,26,28,30-31,35-41,46-47,53-56H,5-25H2,2-3H3,(H,42,50)(H,43,51)(H,44,48)(H,45,52)/t26?,28-,30?,31?,35?,36?,37?,38?,39?,40?,41?/m1/s1. The van der Waals surface area contributed by atoms with Crippen LogP contribution in [0.15, 0.2) is 0 Å². The number of aliphatic hydroxyl groups is 6. The minimum atomic E-state index is -1.42. The van der Waals surface area contributed by atoms with Crippen molar-refractivity contribution in [2.45, 2.75) is 171 Å². The SMILES string of the molecule is C#CCNC(=O)CCCCCCC(=O)[C@@H](CCCCNC(=O)CCCCOC1OC(CO)C(O)C(O)C1NC(C)=O)NC(=O)CCCCOC1OC(CO)C(O)C(O)C1C. The first-order chi connectivity index (χ1) is 28.7. The molecule has 10 unspecified atom stereocenters. The smallest absolute Gasteiger partial charge is 0.220 e. The molecule has 0 spiro atoms. The van der Waals surface area contributed by atoms with Crippen molar-refractivity contribution in [2.75, 3.05) is 39.5 Å². The Morgan fingerprint density at radius 3 is 1.80 bits per heavy atom. The average molecular weight is 859 g/mol. The molecule has 0 aliphatic carbocycles. The Morgan fingerprint density at radius 2 is 1.20 bits per heavy atom. The predicted octanol–water partition coefficient (Wildman–Crippen LogP) is -1.19. The van der Waals surface area contributed by atoms with Gasteiger partial charge in [0.15, 0.2) is 18.4 Å². The van der Waals surface area contributed by atoms with E-state index in [1.807, 2.05) is 0 Å². The first-order valence-electron chi connectivity index (χ1n) is 21.3. The van der Waals surface area contributed by atoms with Crippen LogP contribution in [0.5, 0.6) is 0 Å². The third-order valence-electron chi connectivity index (χ3n) is 10.5. The molecular weight excluding hydrogens is 788 g/mol. The van der Waals surface area contributed by atoms with Crippen LogP contribution in [-0.4, -0.2) is 161 Å². The molecule has 2 heterocycles. The van der Waals surface area contributed by atoms with Crippen molar-refractivity contribution < 1.29 is 73.6 Å². The normalized spacial score (nSPS) is 27.0. The fourth-order valence-corrected chi connectivity index (χ4v) is 6.92. The third kappa shape index (κ3) is 19.6. The van der Waals surface area contributed by atoms with E-state index in [-0.39, 0.29) is 62.5 Å². The van der Waals surface area contributed by atoms with Crippen molar-refractivity contribution in [1.82, 2.24) is 21.3 Å². The van der Waals surface area contributed by atoms with Crippen LogP contribution in [0.3, 0.4) is 0 Å². The molecule has 2 fully saturated rings. The summed E-state index contributed by atoms with van der Waals surface area (Å²) >= 11 is 0. The lowest BCUT2D eigenvalue weighted by molar-refractivity contribution is -0.282. The molecule has 0 aromatic rings. The molecule has 11 atom stereocenters. The van der Waals surface area contributed by atoms with E-state index < -0.39 is 86.3 Å². The number of Topliss-reactive ketones (excluding diaryl/α,β-unsaturated/α-hetero) is 1. The molecule has 0 aromatic carbocycles. The Labute approximate surface area is 353 Å². The van der Waals surface area contributed by atoms with E-state index in [9.17, 15) is 54.6 Å². The topological polar surface area (TPSA) is 292 Å². The van der Waals surface area contributed by atoms with Gasteiger partial charge in [0.05, 0.1) is 31.9 Å². The Hall–Kier alpha value is -3.29. The molecule has 2 aliphatic rings. The molecule has 2 aliphatic heterocycles. The zero-order valence-electron chi connectivity index (χ0n) is 35.1. The molecule has 0 bridgehead atoms. The number of hydrogen-bond donors (Lipinski definition) is 10. The summed E-state index contributed by atoms with van der Waals surface area (Å²) in [6, 6.07) is -1.74. The highest BCUT2D eigenvalue weighted by atomic mass is 16.7. The van der Waals surface area contributed by atoms with Gasteiger partial charge in [0.1, 0.15) is 36.6 Å². The molecule has 2 rings (SSSR count). The molecular formula is C41H70N4O15. The van der Waals surface area contributed by atoms with Gasteiger partial charge >= 0.3 is 0 Å². The second-order valence-corrected chi connectivity index (χ2v) is 15.5. The van der Waals surface area contributed by atoms with Gasteiger partial charge in [-0.3, -0.25) is 24.0 Å². The number of terminal acetylenes is 1. The van der Waals surface area contributed by atoms with E-state index in [4.69, 9.17) is 25.4 Å². The van der Waals surface area contributed by atoms with Gasteiger partial charge in [-0.2, -0.15) is 0 Å². The fourth-order valence-electron chi connectivity index (χ4n) is 6.92. The summed E-state index contributed by atoms with van der Waals surface area (Å²) in [4.78, 5) is 62.0. The van der Waals surface area contributed by atoms with E-state index in [0.29, 0.717) is 70.8 Å².